The Kier molecular flexibility index (Phi) is 4.79. The van der Waals surface area contributed by atoms with Gasteiger partial charge in [-0.25, -0.2) is 4.79 Å². The van der Waals surface area contributed by atoms with E-state index in [1.165, 1.54) is 0 Å². The number of amides is 4. The first-order valence-electron chi connectivity index (χ1n) is 9.91. The van der Waals surface area contributed by atoms with Crippen LogP contribution in [0.1, 0.15) is 50.6 Å². The van der Waals surface area contributed by atoms with E-state index in [0.717, 1.165) is 40.5 Å². The summed E-state index contributed by atoms with van der Waals surface area (Å²) < 4.78 is 0. The van der Waals surface area contributed by atoms with Gasteiger partial charge in [0.15, 0.2) is 0 Å². The second-order valence-electron chi connectivity index (χ2n) is 7.86. The van der Waals surface area contributed by atoms with Crippen LogP contribution in [0, 0.1) is 0 Å². The highest BCUT2D eigenvalue weighted by molar-refractivity contribution is 6.09. The third-order valence-electron chi connectivity index (χ3n) is 5.91. The molecule has 0 bridgehead atoms. The minimum atomic E-state index is -0.792. The van der Waals surface area contributed by atoms with Gasteiger partial charge in [-0.3, -0.25) is 14.5 Å². The SMILES string of the molecule is C[C@@H](NC(=O)CN1C(=O)NC2(CCCCC2)C1=O)c1ccc2ccccc2c1. The molecule has 2 aromatic rings. The molecule has 0 aromatic heterocycles. The van der Waals surface area contributed by atoms with Crippen molar-refractivity contribution in [3.63, 3.8) is 0 Å². The molecule has 6 heteroatoms. The lowest BCUT2D eigenvalue weighted by Gasteiger charge is -2.30. The molecule has 2 aliphatic rings. The molecular weight excluding hydrogens is 354 g/mol. The van der Waals surface area contributed by atoms with Crippen LogP contribution in [0.3, 0.4) is 0 Å². The monoisotopic (exact) mass is 379 g/mol. The van der Waals surface area contributed by atoms with Crippen molar-refractivity contribution in [3.8, 4) is 0 Å². The maximum atomic E-state index is 12.8. The Morgan fingerprint density at radius 1 is 1.11 bits per heavy atom. The van der Waals surface area contributed by atoms with Gasteiger partial charge in [0.25, 0.3) is 5.91 Å². The highest BCUT2D eigenvalue weighted by Crippen LogP contribution is 2.33. The molecular formula is C22H25N3O3. The summed E-state index contributed by atoms with van der Waals surface area (Å²) in [5.41, 5.74) is 0.188. The Bertz CT molecular complexity index is 934. The average Bonchev–Trinajstić information content (AvgIpc) is 2.92. The molecule has 28 heavy (non-hydrogen) atoms. The molecule has 4 rings (SSSR count). The number of hydrogen-bond donors (Lipinski definition) is 2. The molecule has 2 aromatic carbocycles. The van der Waals surface area contributed by atoms with Crippen LogP contribution in [-0.2, 0) is 9.59 Å². The summed E-state index contributed by atoms with van der Waals surface area (Å²) in [6, 6.07) is 13.4. The normalized spacial score (nSPS) is 19.7. The number of carbonyl (C=O) groups excluding carboxylic acids is 3. The van der Waals surface area contributed by atoms with Crippen molar-refractivity contribution in [3.05, 3.63) is 48.0 Å². The lowest BCUT2D eigenvalue weighted by molar-refractivity contribution is -0.136. The van der Waals surface area contributed by atoms with Gasteiger partial charge in [-0.05, 0) is 42.2 Å². The molecule has 1 saturated heterocycles. The summed E-state index contributed by atoms with van der Waals surface area (Å²) in [5, 5.41) is 7.99. The van der Waals surface area contributed by atoms with Crippen molar-refractivity contribution in [1.29, 1.82) is 0 Å². The van der Waals surface area contributed by atoms with Crippen LogP contribution >= 0.6 is 0 Å². The zero-order valence-corrected chi connectivity index (χ0v) is 16.0. The van der Waals surface area contributed by atoms with Crippen LogP contribution in [0.5, 0.6) is 0 Å². The molecule has 1 saturated carbocycles. The number of carbonyl (C=O) groups is 3. The number of rotatable bonds is 4. The zero-order chi connectivity index (χ0) is 19.7. The topological polar surface area (TPSA) is 78.5 Å². The third kappa shape index (κ3) is 3.35. The van der Waals surface area contributed by atoms with Crippen molar-refractivity contribution < 1.29 is 14.4 Å². The summed E-state index contributed by atoms with van der Waals surface area (Å²) >= 11 is 0. The molecule has 2 N–H and O–H groups in total. The molecule has 4 amide bonds. The molecule has 1 atom stereocenters. The molecule has 1 aliphatic heterocycles. The molecule has 0 unspecified atom stereocenters. The Labute approximate surface area is 164 Å². The largest absolute Gasteiger partial charge is 0.348 e. The first-order valence-corrected chi connectivity index (χ1v) is 9.91. The maximum Gasteiger partial charge on any atom is 0.325 e. The van der Waals surface area contributed by atoms with Gasteiger partial charge in [-0.15, -0.1) is 0 Å². The number of hydrogen-bond acceptors (Lipinski definition) is 3. The Morgan fingerprint density at radius 3 is 2.57 bits per heavy atom. The minimum absolute atomic E-state index is 0.221. The van der Waals surface area contributed by atoms with E-state index >= 15 is 0 Å². The molecule has 1 heterocycles. The Hall–Kier alpha value is -2.89. The van der Waals surface area contributed by atoms with E-state index in [1.807, 2.05) is 49.4 Å². The number of nitrogens with one attached hydrogen (secondary N) is 2. The molecule has 1 aliphatic carbocycles. The third-order valence-corrected chi connectivity index (χ3v) is 5.91. The number of imide groups is 1. The molecule has 6 nitrogen and oxygen atoms in total. The summed E-state index contributed by atoms with van der Waals surface area (Å²) in [4.78, 5) is 38.7. The number of nitrogens with zero attached hydrogens (tertiary/aromatic N) is 1. The van der Waals surface area contributed by atoms with Crippen molar-refractivity contribution in [2.45, 2.75) is 50.6 Å². The summed E-state index contributed by atoms with van der Waals surface area (Å²) in [6.07, 6.45) is 4.23. The van der Waals surface area contributed by atoms with E-state index in [2.05, 4.69) is 10.6 Å². The standard InChI is InChI=1S/C22H25N3O3/c1-15(17-10-9-16-7-3-4-8-18(16)13-17)23-19(26)14-25-20(27)22(24-21(25)28)11-5-2-6-12-22/h3-4,7-10,13,15H,2,5-6,11-12,14H2,1H3,(H,23,26)(H,24,28)/t15-/m1/s1. The van der Waals surface area contributed by atoms with Gasteiger partial charge in [-0.2, -0.15) is 0 Å². The Balaban J connectivity index is 1.42. The first kappa shape index (κ1) is 18.5. The van der Waals surface area contributed by atoms with Crippen LogP contribution in [0.25, 0.3) is 10.8 Å². The van der Waals surface area contributed by atoms with Gasteiger partial charge in [0.05, 0.1) is 6.04 Å². The smallest absolute Gasteiger partial charge is 0.325 e. The second-order valence-corrected chi connectivity index (χ2v) is 7.86. The first-order chi connectivity index (χ1) is 13.5. The minimum Gasteiger partial charge on any atom is -0.348 e. The number of benzene rings is 2. The van der Waals surface area contributed by atoms with Gasteiger partial charge >= 0.3 is 6.03 Å². The van der Waals surface area contributed by atoms with Crippen LogP contribution in [0.15, 0.2) is 42.5 Å². The summed E-state index contributed by atoms with van der Waals surface area (Å²) in [5.74, 6) is -0.595. The quantitative estimate of drug-likeness (QED) is 0.801. The van der Waals surface area contributed by atoms with Crippen molar-refractivity contribution in [2.24, 2.45) is 0 Å². The van der Waals surface area contributed by atoms with E-state index in [-0.39, 0.29) is 24.4 Å². The van der Waals surface area contributed by atoms with E-state index < -0.39 is 11.6 Å². The van der Waals surface area contributed by atoms with Crippen molar-refractivity contribution in [1.82, 2.24) is 15.5 Å². The number of fused-ring (bicyclic) bond motifs is 1. The molecule has 1 spiro atoms. The highest BCUT2D eigenvalue weighted by Gasteiger charge is 2.51. The van der Waals surface area contributed by atoms with Crippen molar-refractivity contribution in [2.75, 3.05) is 6.54 Å². The van der Waals surface area contributed by atoms with E-state index in [4.69, 9.17) is 0 Å². The number of urea groups is 1. The molecule has 146 valence electrons. The van der Waals surface area contributed by atoms with Gasteiger partial charge in [-0.1, -0.05) is 55.7 Å². The van der Waals surface area contributed by atoms with Gasteiger partial charge < -0.3 is 10.6 Å². The van der Waals surface area contributed by atoms with Crippen molar-refractivity contribution >= 4 is 28.6 Å². The van der Waals surface area contributed by atoms with E-state index in [9.17, 15) is 14.4 Å². The predicted octanol–water partition coefficient (Wildman–Crippen LogP) is 3.27. The van der Waals surface area contributed by atoms with E-state index in [1.54, 1.807) is 0 Å². The van der Waals surface area contributed by atoms with Gasteiger partial charge in [0.2, 0.25) is 5.91 Å². The Morgan fingerprint density at radius 2 is 1.82 bits per heavy atom. The van der Waals surface area contributed by atoms with Crippen LogP contribution in [0.2, 0.25) is 0 Å². The fourth-order valence-electron chi connectivity index (χ4n) is 4.31. The summed E-state index contributed by atoms with van der Waals surface area (Å²) in [6.45, 7) is 1.65. The van der Waals surface area contributed by atoms with Crippen LogP contribution < -0.4 is 10.6 Å². The van der Waals surface area contributed by atoms with Gasteiger partial charge in [0, 0.05) is 0 Å². The lowest BCUT2D eigenvalue weighted by Crippen LogP contribution is -2.49. The highest BCUT2D eigenvalue weighted by atomic mass is 16.2. The van der Waals surface area contributed by atoms with Gasteiger partial charge in [0.1, 0.15) is 12.1 Å². The van der Waals surface area contributed by atoms with Crippen LogP contribution in [0.4, 0.5) is 4.79 Å². The average molecular weight is 379 g/mol. The zero-order valence-electron chi connectivity index (χ0n) is 16.0. The summed E-state index contributed by atoms with van der Waals surface area (Å²) in [7, 11) is 0. The fraction of sp³-hybridized carbons (Fsp3) is 0.409. The van der Waals surface area contributed by atoms with Crippen LogP contribution in [-0.4, -0.2) is 34.8 Å². The van der Waals surface area contributed by atoms with E-state index in [0.29, 0.717) is 12.8 Å². The predicted molar refractivity (Wildman–Crippen MR) is 107 cm³/mol. The molecule has 0 radical (unpaired) electrons. The maximum absolute atomic E-state index is 12.8. The lowest BCUT2D eigenvalue weighted by atomic mass is 9.82. The second kappa shape index (κ2) is 7.26. The molecule has 2 fully saturated rings. The fourth-order valence-corrected chi connectivity index (χ4v) is 4.31.